The van der Waals surface area contributed by atoms with E-state index in [4.69, 9.17) is 0 Å². The van der Waals surface area contributed by atoms with E-state index < -0.39 is 12.7 Å². The normalized spacial score (nSPS) is 12.6. The van der Waals surface area contributed by atoms with Crippen molar-refractivity contribution < 1.29 is 13.2 Å². The Kier molecular flexibility index (Phi) is 5.61. The average molecular weight is 303 g/mol. The fourth-order valence-electron chi connectivity index (χ4n) is 1.87. The molecule has 0 saturated heterocycles. The van der Waals surface area contributed by atoms with Gasteiger partial charge in [0.2, 0.25) is 0 Å². The van der Waals surface area contributed by atoms with Gasteiger partial charge in [-0.2, -0.15) is 13.2 Å². The number of aromatic nitrogens is 1. The number of nitrogens with one attached hydrogen (secondary N) is 1. The monoisotopic (exact) mass is 303 g/mol. The topological polar surface area (TPSA) is 28.2 Å². The van der Waals surface area contributed by atoms with Crippen LogP contribution in [-0.2, 0) is 6.54 Å². The highest BCUT2D eigenvalue weighted by Gasteiger charge is 2.30. The molecule has 120 valence electrons. The molecule has 1 heterocycles. The summed E-state index contributed by atoms with van der Waals surface area (Å²) in [5.41, 5.74) is 1.73. The van der Waals surface area contributed by atoms with E-state index in [1.807, 2.05) is 13.0 Å². The summed E-state index contributed by atoms with van der Waals surface area (Å²) in [7, 11) is 0. The molecule has 1 rings (SSSR count). The van der Waals surface area contributed by atoms with E-state index in [0.717, 1.165) is 11.3 Å². The zero-order valence-corrected chi connectivity index (χ0v) is 13.3. The Morgan fingerprint density at radius 3 is 2.24 bits per heavy atom. The summed E-state index contributed by atoms with van der Waals surface area (Å²) in [6, 6.07) is 3.50. The van der Waals surface area contributed by atoms with Crippen LogP contribution in [0.15, 0.2) is 12.1 Å². The van der Waals surface area contributed by atoms with Crippen molar-refractivity contribution in [3.8, 4) is 0 Å². The van der Waals surface area contributed by atoms with Gasteiger partial charge in [0.15, 0.2) is 0 Å². The van der Waals surface area contributed by atoms with Crippen LogP contribution in [0.1, 0.15) is 39.0 Å². The Morgan fingerprint density at radius 1 is 1.19 bits per heavy atom. The summed E-state index contributed by atoms with van der Waals surface area (Å²) in [5.74, 6) is 0.367. The van der Waals surface area contributed by atoms with E-state index in [9.17, 15) is 13.2 Å². The lowest BCUT2D eigenvalue weighted by Crippen LogP contribution is -2.36. The largest absolute Gasteiger partial charge is 0.405 e. The molecule has 0 bridgehead atoms. The molecule has 0 saturated carbocycles. The van der Waals surface area contributed by atoms with Gasteiger partial charge in [-0.3, -0.25) is 0 Å². The number of hydrogen-bond acceptors (Lipinski definition) is 3. The maximum Gasteiger partial charge on any atom is 0.405 e. The van der Waals surface area contributed by atoms with Crippen LogP contribution >= 0.6 is 0 Å². The number of halogens is 3. The van der Waals surface area contributed by atoms with E-state index in [-0.39, 0.29) is 12.1 Å². The van der Waals surface area contributed by atoms with Crippen molar-refractivity contribution in [1.82, 2.24) is 10.3 Å². The van der Waals surface area contributed by atoms with Crippen LogP contribution in [0.5, 0.6) is 0 Å². The van der Waals surface area contributed by atoms with Crippen molar-refractivity contribution in [2.75, 3.05) is 18.0 Å². The van der Waals surface area contributed by atoms with E-state index in [1.54, 1.807) is 13.0 Å². The Bertz CT molecular complexity index is 464. The molecule has 0 fully saturated rings. The Hall–Kier alpha value is -1.30. The van der Waals surface area contributed by atoms with E-state index >= 15 is 0 Å². The van der Waals surface area contributed by atoms with Crippen LogP contribution in [0.25, 0.3) is 0 Å². The van der Waals surface area contributed by atoms with Gasteiger partial charge in [0.25, 0.3) is 0 Å². The molecule has 0 aliphatic rings. The maximum atomic E-state index is 12.5. The van der Waals surface area contributed by atoms with Crippen LogP contribution in [-0.4, -0.2) is 29.8 Å². The molecule has 1 aromatic rings. The third-order valence-electron chi connectivity index (χ3n) is 3.07. The van der Waals surface area contributed by atoms with Crippen molar-refractivity contribution in [2.45, 2.75) is 52.9 Å². The quantitative estimate of drug-likeness (QED) is 0.899. The summed E-state index contributed by atoms with van der Waals surface area (Å²) in [6.45, 7) is 9.64. The summed E-state index contributed by atoms with van der Waals surface area (Å²) in [5, 5.41) is 3.35. The molecular formula is C15H24F3N3. The summed E-state index contributed by atoms with van der Waals surface area (Å²) in [6.07, 6.45) is -4.22. The molecule has 1 aromatic heterocycles. The van der Waals surface area contributed by atoms with Crippen LogP contribution in [0.2, 0.25) is 0 Å². The molecule has 6 heteroatoms. The van der Waals surface area contributed by atoms with E-state index in [2.05, 4.69) is 31.1 Å². The van der Waals surface area contributed by atoms with Gasteiger partial charge in [-0.25, -0.2) is 4.98 Å². The third-order valence-corrected chi connectivity index (χ3v) is 3.07. The number of aryl methyl sites for hydroxylation is 1. The number of pyridine rings is 1. The van der Waals surface area contributed by atoms with Gasteiger partial charge in [-0.1, -0.05) is 6.07 Å². The Labute approximate surface area is 124 Å². The van der Waals surface area contributed by atoms with Crippen LogP contribution < -0.4 is 10.2 Å². The number of anilines is 1. The second-order valence-electron chi connectivity index (χ2n) is 6.15. The van der Waals surface area contributed by atoms with E-state index in [1.165, 1.54) is 4.90 Å². The molecule has 1 N–H and O–H groups in total. The molecule has 0 spiro atoms. The molecule has 0 amide bonds. The Balaban J connectivity index is 2.85. The number of nitrogens with zero attached hydrogens (tertiary/aromatic N) is 2. The molecule has 0 radical (unpaired) electrons. The first-order valence-corrected chi connectivity index (χ1v) is 7.05. The first-order valence-electron chi connectivity index (χ1n) is 7.05. The van der Waals surface area contributed by atoms with Crippen LogP contribution in [0.3, 0.4) is 0 Å². The second-order valence-corrected chi connectivity index (χ2v) is 6.15. The smallest absolute Gasteiger partial charge is 0.348 e. The molecular weight excluding hydrogens is 279 g/mol. The number of alkyl halides is 3. The van der Waals surface area contributed by atoms with Gasteiger partial charge in [0.05, 0.1) is 0 Å². The standard InChI is InChI=1S/C15H24F3N3/c1-6-21(10-15(16,17)18)13-8-7-12(11(2)20-13)9-19-14(3,4)5/h7-8,19H,6,9-10H2,1-5H3. The van der Waals surface area contributed by atoms with Crippen molar-refractivity contribution in [3.05, 3.63) is 23.4 Å². The number of hydrogen-bond donors (Lipinski definition) is 1. The molecule has 0 aliphatic heterocycles. The predicted molar refractivity (Wildman–Crippen MR) is 79.5 cm³/mol. The lowest BCUT2D eigenvalue weighted by atomic mass is 10.1. The van der Waals surface area contributed by atoms with Crippen LogP contribution in [0.4, 0.5) is 19.0 Å². The highest BCUT2D eigenvalue weighted by molar-refractivity contribution is 5.41. The Morgan fingerprint density at radius 2 is 1.81 bits per heavy atom. The van der Waals surface area contributed by atoms with Gasteiger partial charge in [-0.05, 0) is 46.2 Å². The highest BCUT2D eigenvalue weighted by Crippen LogP contribution is 2.21. The third kappa shape index (κ3) is 6.33. The zero-order valence-electron chi connectivity index (χ0n) is 13.3. The summed E-state index contributed by atoms with van der Waals surface area (Å²) in [4.78, 5) is 5.55. The summed E-state index contributed by atoms with van der Waals surface area (Å²) >= 11 is 0. The zero-order chi connectivity index (χ0) is 16.3. The fourth-order valence-corrected chi connectivity index (χ4v) is 1.87. The lowest BCUT2D eigenvalue weighted by molar-refractivity contribution is -0.119. The fraction of sp³-hybridized carbons (Fsp3) is 0.667. The minimum absolute atomic E-state index is 0.0170. The molecule has 0 unspecified atom stereocenters. The van der Waals surface area contributed by atoms with Crippen molar-refractivity contribution in [1.29, 1.82) is 0 Å². The van der Waals surface area contributed by atoms with Gasteiger partial charge in [0, 0.05) is 24.3 Å². The molecule has 0 atom stereocenters. The van der Waals surface area contributed by atoms with Gasteiger partial charge in [0.1, 0.15) is 12.4 Å². The van der Waals surface area contributed by atoms with Crippen molar-refractivity contribution >= 4 is 5.82 Å². The first-order chi connectivity index (χ1) is 9.52. The average Bonchev–Trinajstić information content (AvgIpc) is 2.32. The SMILES string of the molecule is CCN(CC(F)(F)F)c1ccc(CNC(C)(C)C)c(C)n1. The van der Waals surface area contributed by atoms with Gasteiger partial charge >= 0.3 is 6.18 Å². The van der Waals surface area contributed by atoms with Crippen molar-refractivity contribution in [3.63, 3.8) is 0 Å². The molecule has 21 heavy (non-hydrogen) atoms. The lowest BCUT2D eigenvalue weighted by Gasteiger charge is -2.25. The van der Waals surface area contributed by atoms with Crippen LogP contribution in [0, 0.1) is 6.92 Å². The molecule has 0 aromatic carbocycles. The number of rotatable bonds is 5. The minimum atomic E-state index is -4.22. The predicted octanol–water partition coefficient (Wildman–Crippen LogP) is 3.67. The first kappa shape index (κ1) is 17.8. The van der Waals surface area contributed by atoms with Gasteiger partial charge in [-0.15, -0.1) is 0 Å². The van der Waals surface area contributed by atoms with E-state index in [0.29, 0.717) is 12.4 Å². The highest BCUT2D eigenvalue weighted by atomic mass is 19.4. The maximum absolute atomic E-state index is 12.5. The molecule has 3 nitrogen and oxygen atoms in total. The second kappa shape index (κ2) is 6.64. The molecule has 0 aliphatic carbocycles. The minimum Gasteiger partial charge on any atom is -0.348 e. The van der Waals surface area contributed by atoms with Gasteiger partial charge < -0.3 is 10.2 Å². The summed E-state index contributed by atoms with van der Waals surface area (Å²) < 4.78 is 37.6. The van der Waals surface area contributed by atoms with Crippen molar-refractivity contribution in [2.24, 2.45) is 0 Å².